The molecule has 0 aliphatic carbocycles. The Labute approximate surface area is 94.0 Å². The van der Waals surface area contributed by atoms with Gasteiger partial charge in [-0.3, -0.25) is 0 Å². The highest BCUT2D eigenvalue weighted by Gasteiger charge is 2.18. The molecule has 5 nitrogen and oxygen atoms in total. The molecule has 0 amide bonds. The average molecular weight is 224 g/mol. The molecule has 88 valence electrons. The standard InChI is InChI=1S/C11H16N2O3/c1-13-6-4-8(5-7-13)12-10-3-2-9(16-10)11(14)15/h2-3,8,12H,4-7H2,1H3,(H,14,15). The quantitative estimate of drug-likeness (QED) is 0.814. The first-order valence-electron chi connectivity index (χ1n) is 5.43. The molecule has 0 unspecified atom stereocenters. The van der Waals surface area contributed by atoms with Crippen LogP contribution >= 0.6 is 0 Å². The molecule has 1 aromatic heterocycles. The maximum atomic E-state index is 10.6. The fraction of sp³-hybridized carbons (Fsp3) is 0.545. The lowest BCUT2D eigenvalue weighted by Gasteiger charge is -2.29. The van der Waals surface area contributed by atoms with E-state index in [4.69, 9.17) is 9.52 Å². The summed E-state index contributed by atoms with van der Waals surface area (Å²) in [5, 5.41) is 11.9. The molecule has 1 aromatic rings. The minimum atomic E-state index is -1.03. The highest BCUT2D eigenvalue weighted by atomic mass is 16.4. The van der Waals surface area contributed by atoms with E-state index in [-0.39, 0.29) is 5.76 Å². The van der Waals surface area contributed by atoms with Crippen molar-refractivity contribution < 1.29 is 14.3 Å². The van der Waals surface area contributed by atoms with Gasteiger partial charge in [-0.25, -0.2) is 4.79 Å². The molecule has 2 N–H and O–H groups in total. The Kier molecular flexibility index (Phi) is 3.14. The van der Waals surface area contributed by atoms with E-state index in [1.54, 1.807) is 6.07 Å². The number of carboxylic acid groups (broad SMARTS) is 1. The number of anilines is 1. The molecule has 2 heterocycles. The van der Waals surface area contributed by atoms with E-state index in [0.29, 0.717) is 11.9 Å². The zero-order chi connectivity index (χ0) is 11.5. The van der Waals surface area contributed by atoms with E-state index in [2.05, 4.69) is 17.3 Å². The van der Waals surface area contributed by atoms with Crippen molar-refractivity contribution in [2.75, 3.05) is 25.5 Å². The topological polar surface area (TPSA) is 65.7 Å². The van der Waals surface area contributed by atoms with Crippen LogP contribution < -0.4 is 5.32 Å². The molecule has 2 rings (SSSR count). The zero-order valence-corrected chi connectivity index (χ0v) is 9.27. The summed E-state index contributed by atoms with van der Waals surface area (Å²) in [5.74, 6) is -0.501. The van der Waals surface area contributed by atoms with E-state index in [1.165, 1.54) is 6.07 Å². The van der Waals surface area contributed by atoms with Crippen LogP contribution in [0, 0.1) is 0 Å². The van der Waals surface area contributed by atoms with E-state index in [9.17, 15) is 4.79 Å². The third-order valence-corrected chi connectivity index (χ3v) is 2.88. The summed E-state index contributed by atoms with van der Waals surface area (Å²) >= 11 is 0. The number of nitrogens with one attached hydrogen (secondary N) is 1. The molecule has 0 atom stereocenters. The predicted octanol–water partition coefficient (Wildman–Crippen LogP) is 1.48. The van der Waals surface area contributed by atoms with Crippen LogP contribution in [0.5, 0.6) is 0 Å². The Balaban J connectivity index is 1.91. The first-order chi connectivity index (χ1) is 7.65. The maximum Gasteiger partial charge on any atom is 0.371 e. The monoisotopic (exact) mass is 224 g/mol. The second kappa shape index (κ2) is 4.57. The van der Waals surface area contributed by atoms with Gasteiger partial charge in [-0.05, 0) is 39.0 Å². The molecule has 1 aliphatic rings. The highest BCUT2D eigenvalue weighted by molar-refractivity contribution is 5.84. The van der Waals surface area contributed by atoms with Gasteiger partial charge in [-0.15, -0.1) is 0 Å². The molecule has 0 spiro atoms. The minimum Gasteiger partial charge on any atom is -0.475 e. The number of furan rings is 1. The molecule has 1 fully saturated rings. The molecule has 5 heteroatoms. The number of carboxylic acids is 1. The van der Waals surface area contributed by atoms with Gasteiger partial charge in [-0.1, -0.05) is 0 Å². The minimum absolute atomic E-state index is 0.0181. The SMILES string of the molecule is CN1CCC(Nc2ccc(C(=O)O)o2)CC1. The van der Waals surface area contributed by atoms with Gasteiger partial charge in [0.1, 0.15) is 0 Å². The first-order valence-corrected chi connectivity index (χ1v) is 5.43. The van der Waals surface area contributed by atoms with Gasteiger partial charge in [0.2, 0.25) is 5.76 Å². The number of carbonyl (C=O) groups is 1. The number of rotatable bonds is 3. The fourth-order valence-corrected chi connectivity index (χ4v) is 1.88. The predicted molar refractivity (Wildman–Crippen MR) is 59.8 cm³/mol. The van der Waals surface area contributed by atoms with Crippen LogP contribution in [0.15, 0.2) is 16.5 Å². The number of hydrogen-bond acceptors (Lipinski definition) is 4. The van der Waals surface area contributed by atoms with Crippen LogP contribution in [-0.2, 0) is 0 Å². The summed E-state index contributed by atoms with van der Waals surface area (Å²) in [7, 11) is 2.10. The molecule has 16 heavy (non-hydrogen) atoms. The summed E-state index contributed by atoms with van der Waals surface area (Å²) in [6, 6.07) is 3.52. The fourth-order valence-electron chi connectivity index (χ4n) is 1.88. The van der Waals surface area contributed by atoms with Crippen molar-refractivity contribution in [3.05, 3.63) is 17.9 Å². The second-order valence-electron chi connectivity index (χ2n) is 4.19. The van der Waals surface area contributed by atoms with Gasteiger partial charge >= 0.3 is 5.97 Å². The first kappa shape index (κ1) is 11.0. The summed E-state index contributed by atoms with van der Waals surface area (Å²) in [6.07, 6.45) is 2.11. The number of nitrogens with zero attached hydrogens (tertiary/aromatic N) is 1. The molecule has 0 aromatic carbocycles. The summed E-state index contributed by atoms with van der Waals surface area (Å²) in [5.41, 5.74) is 0. The number of hydrogen-bond donors (Lipinski definition) is 2. The average Bonchev–Trinajstić information content (AvgIpc) is 2.70. The van der Waals surface area contributed by atoms with E-state index >= 15 is 0 Å². The van der Waals surface area contributed by atoms with Crippen LogP contribution in [0.25, 0.3) is 0 Å². The summed E-state index contributed by atoms with van der Waals surface area (Å²) < 4.78 is 5.15. The highest BCUT2D eigenvalue weighted by Crippen LogP contribution is 2.18. The molecule has 0 radical (unpaired) electrons. The zero-order valence-electron chi connectivity index (χ0n) is 9.27. The lowest BCUT2D eigenvalue weighted by Crippen LogP contribution is -2.36. The van der Waals surface area contributed by atoms with Crippen molar-refractivity contribution in [2.45, 2.75) is 18.9 Å². The molecule has 0 saturated carbocycles. The number of aromatic carboxylic acids is 1. The van der Waals surface area contributed by atoms with Crippen molar-refractivity contribution in [1.82, 2.24) is 4.90 Å². The van der Waals surface area contributed by atoms with E-state index in [1.807, 2.05) is 0 Å². The number of likely N-dealkylation sites (tertiary alicyclic amines) is 1. The molecular formula is C11H16N2O3. The van der Waals surface area contributed by atoms with Gasteiger partial charge in [0, 0.05) is 12.1 Å². The Hall–Kier alpha value is -1.49. The van der Waals surface area contributed by atoms with Gasteiger partial charge in [0.15, 0.2) is 5.88 Å². The van der Waals surface area contributed by atoms with Crippen LogP contribution in [0.1, 0.15) is 23.4 Å². The van der Waals surface area contributed by atoms with Crippen LogP contribution in [-0.4, -0.2) is 42.2 Å². The third-order valence-electron chi connectivity index (χ3n) is 2.88. The van der Waals surface area contributed by atoms with Crippen molar-refractivity contribution >= 4 is 11.9 Å². The van der Waals surface area contributed by atoms with Crippen molar-refractivity contribution in [1.29, 1.82) is 0 Å². The van der Waals surface area contributed by atoms with Gasteiger partial charge in [0.05, 0.1) is 0 Å². The van der Waals surface area contributed by atoms with Gasteiger partial charge in [0.25, 0.3) is 0 Å². The van der Waals surface area contributed by atoms with E-state index < -0.39 is 5.97 Å². The van der Waals surface area contributed by atoms with Crippen molar-refractivity contribution in [3.8, 4) is 0 Å². The Morgan fingerprint density at radius 2 is 2.19 bits per heavy atom. The van der Waals surface area contributed by atoms with Crippen LogP contribution in [0.3, 0.4) is 0 Å². The van der Waals surface area contributed by atoms with Gasteiger partial charge < -0.3 is 19.7 Å². The smallest absolute Gasteiger partial charge is 0.371 e. The van der Waals surface area contributed by atoms with Crippen LogP contribution in [0.4, 0.5) is 5.88 Å². The molecular weight excluding hydrogens is 208 g/mol. The Morgan fingerprint density at radius 1 is 1.50 bits per heavy atom. The summed E-state index contributed by atoms with van der Waals surface area (Å²) in [6.45, 7) is 2.12. The van der Waals surface area contributed by atoms with Crippen molar-refractivity contribution in [3.63, 3.8) is 0 Å². The molecule has 1 saturated heterocycles. The van der Waals surface area contributed by atoms with Crippen LogP contribution in [0.2, 0.25) is 0 Å². The van der Waals surface area contributed by atoms with Gasteiger partial charge in [-0.2, -0.15) is 0 Å². The largest absolute Gasteiger partial charge is 0.475 e. The third kappa shape index (κ3) is 2.55. The lowest BCUT2D eigenvalue weighted by molar-refractivity contribution is 0.0663. The molecule has 1 aliphatic heterocycles. The Morgan fingerprint density at radius 3 is 2.75 bits per heavy atom. The molecule has 0 bridgehead atoms. The summed E-state index contributed by atoms with van der Waals surface area (Å²) in [4.78, 5) is 12.9. The number of piperidine rings is 1. The van der Waals surface area contributed by atoms with E-state index in [0.717, 1.165) is 25.9 Å². The Bertz CT molecular complexity index is 367. The second-order valence-corrected chi connectivity index (χ2v) is 4.19. The lowest BCUT2D eigenvalue weighted by atomic mass is 10.1. The van der Waals surface area contributed by atoms with Crippen molar-refractivity contribution in [2.24, 2.45) is 0 Å². The maximum absolute atomic E-state index is 10.6. The normalized spacial score (nSPS) is 18.6.